The van der Waals surface area contributed by atoms with E-state index in [2.05, 4.69) is 0 Å². The van der Waals surface area contributed by atoms with E-state index in [1.807, 2.05) is 30.3 Å². The number of benzene rings is 2. The molecule has 6 nitrogen and oxygen atoms in total. The lowest BCUT2D eigenvalue weighted by molar-refractivity contribution is -0.143. The van der Waals surface area contributed by atoms with Gasteiger partial charge in [-0.3, -0.25) is 4.79 Å². The molecule has 0 amide bonds. The summed E-state index contributed by atoms with van der Waals surface area (Å²) < 4.78 is 37.9. The molecule has 0 N–H and O–H groups in total. The molecule has 1 aromatic heterocycles. The fourth-order valence-electron chi connectivity index (χ4n) is 2.91. The van der Waals surface area contributed by atoms with Crippen LogP contribution < -0.4 is 0 Å². The van der Waals surface area contributed by atoms with Gasteiger partial charge in [-0.05, 0) is 42.3 Å². The summed E-state index contributed by atoms with van der Waals surface area (Å²) in [7, 11) is -3.82. The minimum atomic E-state index is -3.82. The first-order valence-electron chi connectivity index (χ1n) is 9.34. The maximum absolute atomic E-state index is 13.2. The van der Waals surface area contributed by atoms with Gasteiger partial charge in [0, 0.05) is 6.54 Å². The van der Waals surface area contributed by atoms with Gasteiger partial charge in [0.25, 0.3) is 0 Å². The van der Waals surface area contributed by atoms with Crippen molar-refractivity contribution in [3.63, 3.8) is 0 Å². The molecular formula is C22H23NO5S. The Kier molecular flexibility index (Phi) is 6.85. The summed E-state index contributed by atoms with van der Waals surface area (Å²) in [5.74, 6) is 0.0601. The third-order valence-electron chi connectivity index (χ3n) is 4.38. The average molecular weight is 413 g/mol. The van der Waals surface area contributed by atoms with Gasteiger partial charge in [-0.1, -0.05) is 42.5 Å². The van der Waals surface area contributed by atoms with Crippen molar-refractivity contribution in [2.75, 3.05) is 13.2 Å². The summed E-state index contributed by atoms with van der Waals surface area (Å²) in [5.41, 5.74) is 1.93. The third-order valence-corrected chi connectivity index (χ3v) is 6.24. The van der Waals surface area contributed by atoms with Gasteiger partial charge < -0.3 is 9.15 Å². The highest BCUT2D eigenvalue weighted by Crippen LogP contribution is 2.24. The fourth-order valence-corrected chi connectivity index (χ4v) is 4.32. The number of nitrogens with zero attached hydrogens (tertiary/aromatic N) is 1. The molecule has 0 spiro atoms. The van der Waals surface area contributed by atoms with Crippen LogP contribution in [0.3, 0.4) is 0 Å². The zero-order chi connectivity index (χ0) is 20.7. The lowest BCUT2D eigenvalue weighted by Crippen LogP contribution is -2.32. The van der Waals surface area contributed by atoms with E-state index in [0.717, 1.165) is 11.1 Å². The first kappa shape index (κ1) is 20.8. The van der Waals surface area contributed by atoms with Crippen LogP contribution in [0.15, 0.2) is 82.3 Å². The fraction of sp³-hybridized carbons (Fsp3) is 0.227. The summed E-state index contributed by atoms with van der Waals surface area (Å²) in [5, 5.41) is 0. The second kappa shape index (κ2) is 9.54. The molecule has 0 aliphatic carbocycles. The Morgan fingerprint density at radius 1 is 0.966 bits per heavy atom. The quantitative estimate of drug-likeness (QED) is 0.494. The molecule has 3 rings (SSSR count). The Balaban J connectivity index is 1.83. The molecule has 0 aliphatic heterocycles. The third kappa shape index (κ3) is 5.34. The number of rotatable bonds is 9. The molecule has 0 unspecified atom stereocenters. The van der Waals surface area contributed by atoms with Crippen LogP contribution in [0, 0.1) is 0 Å². The summed E-state index contributed by atoms with van der Waals surface area (Å²) in [6.45, 7) is 2.01. The van der Waals surface area contributed by atoms with Crippen molar-refractivity contribution in [1.82, 2.24) is 4.31 Å². The molecule has 0 atom stereocenters. The molecule has 0 aliphatic rings. The van der Waals surface area contributed by atoms with Crippen LogP contribution in [-0.4, -0.2) is 31.8 Å². The lowest BCUT2D eigenvalue weighted by Gasteiger charge is -2.21. The average Bonchev–Trinajstić information content (AvgIpc) is 3.25. The van der Waals surface area contributed by atoms with Crippen LogP contribution >= 0.6 is 0 Å². The molecule has 0 saturated carbocycles. The topological polar surface area (TPSA) is 76.8 Å². The van der Waals surface area contributed by atoms with E-state index < -0.39 is 16.0 Å². The highest BCUT2D eigenvalue weighted by Gasteiger charge is 2.26. The number of carbonyl (C=O) groups is 1. The van der Waals surface area contributed by atoms with E-state index in [1.165, 1.54) is 10.6 Å². The summed E-state index contributed by atoms with van der Waals surface area (Å²) in [6, 6.07) is 19.8. The molecular weight excluding hydrogens is 390 g/mol. The molecule has 7 heteroatoms. The van der Waals surface area contributed by atoms with Gasteiger partial charge in [0.2, 0.25) is 10.0 Å². The SMILES string of the molecule is CCOC(=O)CCN(Cc1ccco1)S(=O)(=O)c1ccc(-c2ccccc2)cc1. The predicted molar refractivity (Wildman–Crippen MR) is 109 cm³/mol. The minimum absolute atomic E-state index is 0.00229. The van der Waals surface area contributed by atoms with Crippen LogP contribution in [0.25, 0.3) is 11.1 Å². The summed E-state index contributed by atoms with van der Waals surface area (Å²) in [4.78, 5) is 11.9. The predicted octanol–water partition coefficient (Wildman–Crippen LogP) is 4.09. The standard InChI is InChI=1S/C22H23NO5S/c1-2-27-22(24)14-15-23(17-20-9-6-16-28-20)29(25,26)21-12-10-19(11-13-21)18-7-4-3-5-8-18/h3-13,16H,2,14-15,17H2,1H3. The highest BCUT2D eigenvalue weighted by molar-refractivity contribution is 7.89. The van der Waals surface area contributed by atoms with Gasteiger partial charge in [-0.25, -0.2) is 8.42 Å². The molecule has 0 fully saturated rings. The molecule has 29 heavy (non-hydrogen) atoms. The van der Waals surface area contributed by atoms with Crippen molar-refractivity contribution in [3.05, 3.63) is 78.8 Å². The van der Waals surface area contributed by atoms with Crippen LogP contribution in [0.2, 0.25) is 0 Å². The number of esters is 1. The van der Waals surface area contributed by atoms with Crippen molar-refractivity contribution >= 4 is 16.0 Å². The maximum atomic E-state index is 13.2. The largest absolute Gasteiger partial charge is 0.468 e. The zero-order valence-corrected chi connectivity index (χ0v) is 17.0. The number of carbonyl (C=O) groups excluding carboxylic acids is 1. The first-order chi connectivity index (χ1) is 14.0. The molecule has 2 aromatic carbocycles. The van der Waals surface area contributed by atoms with Crippen molar-refractivity contribution in [2.45, 2.75) is 24.8 Å². The van der Waals surface area contributed by atoms with E-state index in [9.17, 15) is 13.2 Å². The van der Waals surface area contributed by atoms with Crippen molar-refractivity contribution in [1.29, 1.82) is 0 Å². The molecule has 0 saturated heterocycles. The van der Waals surface area contributed by atoms with E-state index in [1.54, 1.807) is 43.3 Å². The molecule has 0 radical (unpaired) electrons. The Morgan fingerprint density at radius 3 is 2.28 bits per heavy atom. The van der Waals surface area contributed by atoms with Crippen molar-refractivity contribution in [3.8, 4) is 11.1 Å². The lowest BCUT2D eigenvalue weighted by atomic mass is 10.1. The Morgan fingerprint density at radius 2 is 1.66 bits per heavy atom. The number of ether oxygens (including phenoxy) is 1. The Bertz CT molecular complexity index is 1010. The summed E-state index contributed by atoms with van der Waals surface area (Å²) in [6.07, 6.45) is 1.45. The smallest absolute Gasteiger partial charge is 0.307 e. The van der Waals surface area contributed by atoms with E-state index in [0.29, 0.717) is 5.76 Å². The normalized spacial score (nSPS) is 11.5. The van der Waals surface area contributed by atoms with Gasteiger partial charge in [0.15, 0.2) is 0 Å². The van der Waals surface area contributed by atoms with Crippen LogP contribution in [0.4, 0.5) is 0 Å². The van der Waals surface area contributed by atoms with Gasteiger partial charge in [0.1, 0.15) is 5.76 Å². The second-order valence-corrected chi connectivity index (χ2v) is 8.30. The number of sulfonamides is 1. The van der Waals surface area contributed by atoms with Crippen LogP contribution in [-0.2, 0) is 26.1 Å². The second-order valence-electron chi connectivity index (χ2n) is 6.36. The number of furan rings is 1. The van der Waals surface area contributed by atoms with Gasteiger partial charge in [0.05, 0.1) is 30.7 Å². The Labute approximate surface area is 170 Å². The Hall–Kier alpha value is -2.90. The first-order valence-corrected chi connectivity index (χ1v) is 10.8. The van der Waals surface area contributed by atoms with Crippen molar-refractivity contribution in [2.24, 2.45) is 0 Å². The van der Waals surface area contributed by atoms with E-state index in [4.69, 9.17) is 9.15 Å². The van der Waals surface area contributed by atoms with Gasteiger partial charge in [-0.15, -0.1) is 0 Å². The molecule has 3 aromatic rings. The molecule has 152 valence electrons. The molecule has 1 heterocycles. The monoisotopic (exact) mass is 413 g/mol. The number of hydrogen-bond acceptors (Lipinski definition) is 5. The van der Waals surface area contributed by atoms with E-state index >= 15 is 0 Å². The minimum Gasteiger partial charge on any atom is -0.468 e. The maximum Gasteiger partial charge on any atom is 0.307 e. The highest BCUT2D eigenvalue weighted by atomic mass is 32.2. The summed E-state index contributed by atoms with van der Waals surface area (Å²) >= 11 is 0. The van der Waals surface area contributed by atoms with Gasteiger partial charge in [-0.2, -0.15) is 4.31 Å². The van der Waals surface area contributed by atoms with Crippen LogP contribution in [0.5, 0.6) is 0 Å². The van der Waals surface area contributed by atoms with Gasteiger partial charge >= 0.3 is 5.97 Å². The zero-order valence-electron chi connectivity index (χ0n) is 16.2. The van der Waals surface area contributed by atoms with Crippen molar-refractivity contribution < 1.29 is 22.4 Å². The van der Waals surface area contributed by atoms with E-state index in [-0.39, 0.29) is 31.0 Å². The number of hydrogen-bond donors (Lipinski definition) is 0. The molecule has 0 bridgehead atoms. The van der Waals surface area contributed by atoms with Crippen LogP contribution in [0.1, 0.15) is 19.1 Å².